The van der Waals surface area contributed by atoms with Crippen molar-refractivity contribution in [3.05, 3.63) is 83.7 Å². The van der Waals surface area contributed by atoms with Gasteiger partial charge in [-0.15, -0.1) is 0 Å². The minimum Gasteiger partial charge on any atom is -0.478 e. The summed E-state index contributed by atoms with van der Waals surface area (Å²) in [5.74, 6) is -1.53. The molecule has 0 spiro atoms. The minimum atomic E-state index is -1.13. The first kappa shape index (κ1) is 23.9. The Morgan fingerprint density at radius 1 is 1.03 bits per heavy atom. The maximum atomic E-state index is 12.6. The lowest BCUT2D eigenvalue weighted by Crippen LogP contribution is -2.38. The molecule has 0 saturated heterocycles. The molecule has 1 aromatic heterocycles. The molecule has 0 saturated carbocycles. The molecule has 4 rings (SSSR count). The average molecular weight is 474 g/mol. The first-order valence-corrected chi connectivity index (χ1v) is 11.6. The minimum absolute atomic E-state index is 0.0231. The molecule has 0 bridgehead atoms. The molecule has 1 atom stereocenters. The van der Waals surface area contributed by atoms with E-state index < -0.39 is 18.1 Å². The van der Waals surface area contributed by atoms with Gasteiger partial charge in [-0.3, -0.25) is 9.78 Å². The lowest BCUT2D eigenvalue weighted by Gasteiger charge is -2.19. The third-order valence-electron chi connectivity index (χ3n) is 6.00. The predicted octanol–water partition coefficient (Wildman–Crippen LogP) is 4.82. The van der Waals surface area contributed by atoms with E-state index in [9.17, 15) is 14.4 Å². The third-order valence-corrected chi connectivity index (χ3v) is 6.00. The molecular formula is C27H27N3O5. The van der Waals surface area contributed by atoms with Crippen LogP contribution in [0.1, 0.15) is 53.6 Å². The lowest BCUT2D eigenvalue weighted by atomic mass is 9.98. The Labute approximate surface area is 203 Å². The SMILES string of the molecule is CCCC(CC(=O)Nc1cncc(C(=O)O)c1)NC(=O)OCC1c2ccccc2-c2ccccc21. The van der Waals surface area contributed by atoms with Gasteiger partial charge in [0.2, 0.25) is 5.91 Å². The van der Waals surface area contributed by atoms with Crippen LogP contribution < -0.4 is 10.6 Å². The third kappa shape index (κ3) is 5.66. The van der Waals surface area contributed by atoms with Crippen molar-refractivity contribution in [2.24, 2.45) is 0 Å². The van der Waals surface area contributed by atoms with Gasteiger partial charge in [0.25, 0.3) is 0 Å². The summed E-state index contributed by atoms with van der Waals surface area (Å²) in [5, 5.41) is 14.5. The normalized spacial score (nSPS) is 12.8. The van der Waals surface area contributed by atoms with E-state index >= 15 is 0 Å². The highest BCUT2D eigenvalue weighted by Gasteiger charge is 2.29. The van der Waals surface area contributed by atoms with Crippen LogP contribution in [-0.2, 0) is 9.53 Å². The summed E-state index contributed by atoms with van der Waals surface area (Å²) < 4.78 is 5.60. The number of carboxylic acids is 1. The number of carbonyl (C=O) groups excluding carboxylic acids is 2. The number of amides is 2. The van der Waals surface area contributed by atoms with Gasteiger partial charge in [-0.1, -0.05) is 61.9 Å². The zero-order valence-electron chi connectivity index (χ0n) is 19.4. The highest BCUT2D eigenvalue weighted by atomic mass is 16.5. The number of nitrogens with one attached hydrogen (secondary N) is 2. The lowest BCUT2D eigenvalue weighted by molar-refractivity contribution is -0.116. The molecule has 1 heterocycles. The van der Waals surface area contributed by atoms with E-state index in [-0.39, 0.29) is 36.1 Å². The standard InChI is InChI=1S/C27H27N3O5/c1-2-7-18(13-25(31)29-19-12-17(26(32)33)14-28-15-19)30-27(34)35-16-24-22-10-5-3-8-20(22)21-9-4-6-11-23(21)24/h3-6,8-12,14-15,18,24H,2,7,13,16H2,1H3,(H,29,31)(H,30,34)(H,32,33). The molecule has 2 amide bonds. The second-order valence-corrected chi connectivity index (χ2v) is 8.48. The first-order valence-electron chi connectivity index (χ1n) is 11.6. The van der Waals surface area contributed by atoms with Crippen LogP contribution in [-0.4, -0.2) is 40.7 Å². The molecule has 3 N–H and O–H groups in total. The zero-order valence-corrected chi connectivity index (χ0v) is 19.4. The first-order chi connectivity index (χ1) is 17.0. The number of nitrogens with zero attached hydrogens (tertiary/aromatic N) is 1. The Kier molecular flexibility index (Phi) is 7.40. The molecule has 8 heteroatoms. The van der Waals surface area contributed by atoms with Gasteiger partial charge in [0.15, 0.2) is 0 Å². The van der Waals surface area contributed by atoms with E-state index in [1.807, 2.05) is 31.2 Å². The van der Waals surface area contributed by atoms with Gasteiger partial charge < -0.3 is 20.5 Å². The maximum Gasteiger partial charge on any atom is 0.407 e. The Morgan fingerprint density at radius 2 is 1.69 bits per heavy atom. The molecule has 35 heavy (non-hydrogen) atoms. The number of alkyl carbamates (subject to hydrolysis) is 1. The van der Waals surface area contributed by atoms with Crippen molar-refractivity contribution in [3.63, 3.8) is 0 Å². The number of carbonyl (C=O) groups is 3. The molecule has 3 aromatic rings. The summed E-state index contributed by atoms with van der Waals surface area (Å²) in [4.78, 5) is 40.1. The highest BCUT2D eigenvalue weighted by Crippen LogP contribution is 2.44. The van der Waals surface area contributed by atoms with Crippen LogP contribution in [0.4, 0.5) is 10.5 Å². The Hall–Kier alpha value is -4.20. The number of fused-ring (bicyclic) bond motifs is 3. The van der Waals surface area contributed by atoms with Crippen LogP contribution in [0.3, 0.4) is 0 Å². The molecule has 8 nitrogen and oxygen atoms in total. The van der Waals surface area contributed by atoms with Gasteiger partial charge >= 0.3 is 12.1 Å². The molecule has 0 aliphatic heterocycles. The van der Waals surface area contributed by atoms with Crippen molar-refractivity contribution in [2.45, 2.75) is 38.1 Å². The summed E-state index contributed by atoms with van der Waals surface area (Å²) in [6.45, 7) is 2.16. The number of hydrogen-bond donors (Lipinski definition) is 3. The predicted molar refractivity (Wildman–Crippen MR) is 131 cm³/mol. The molecule has 1 unspecified atom stereocenters. The molecule has 1 aliphatic rings. The molecule has 180 valence electrons. The van der Waals surface area contributed by atoms with Crippen LogP contribution in [0.15, 0.2) is 67.0 Å². The van der Waals surface area contributed by atoms with Gasteiger partial charge in [-0.25, -0.2) is 9.59 Å². The fourth-order valence-electron chi connectivity index (χ4n) is 4.44. The topological polar surface area (TPSA) is 118 Å². The number of pyridine rings is 1. The number of carboxylic acid groups (broad SMARTS) is 1. The van der Waals surface area contributed by atoms with Crippen molar-refractivity contribution in [1.82, 2.24) is 10.3 Å². The summed E-state index contributed by atoms with van der Waals surface area (Å²) in [7, 11) is 0. The highest BCUT2D eigenvalue weighted by molar-refractivity contribution is 5.93. The van der Waals surface area contributed by atoms with Crippen molar-refractivity contribution >= 4 is 23.7 Å². The number of hydrogen-bond acceptors (Lipinski definition) is 5. The quantitative estimate of drug-likeness (QED) is 0.410. The fraction of sp³-hybridized carbons (Fsp3) is 0.259. The van der Waals surface area contributed by atoms with Crippen LogP contribution in [0, 0.1) is 0 Å². The van der Waals surface area contributed by atoms with E-state index in [1.54, 1.807) is 0 Å². The van der Waals surface area contributed by atoms with Crippen LogP contribution in [0.5, 0.6) is 0 Å². The Bertz CT molecular complexity index is 1200. The van der Waals surface area contributed by atoms with Crippen LogP contribution >= 0.6 is 0 Å². The average Bonchev–Trinajstić information content (AvgIpc) is 3.16. The summed E-state index contributed by atoms with van der Waals surface area (Å²) in [6.07, 6.45) is 3.37. The van der Waals surface area contributed by atoms with Crippen molar-refractivity contribution in [1.29, 1.82) is 0 Å². The number of aromatic nitrogens is 1. The number of benzene rings is 2. The van der Waals surface area contributed by atoms with Gasteiger partial charge in [0.05, 0.1) is 17.4 Å². The van der Waals surface area contributed by atoms with Crippen molar-refractivity contribution < 1.29 is 24.2 Å². The van der Waals surface area contributed by atoms with E-state index in [1.165, 1.54) is 18.5 Å². The Balaban J connectivity index is 1.35. The summed E-state index contributed by atoms with van der Waals surface area (Å²) >= 11 is 0. The molecular weight excluding hydrogens is 446 g/mol. The van der Waals surface area contributed by atoms with Crippen molar-refractivity contribution in [3.8, 4) is 11.1 Å². The molecule has 0 radical (unpaired) electrons. The van der Waals surface area contributed by atoms with E-state index in [0.29, 0.717) is 6.42 Å². The fourth-order valence-corrected chi connectivity index (χ4v) is 4.44. The van der Waals surface area contributed by atoms with E-state index in [2.05, 4.69) is 39.9 Å². The Morgan fingerprint density at radius 3 is 2.31 bits per heavy atom. The maximum absolute atomic E-state index is 12.6. The van der Waals surface area contributed by atoms with Gasteiger partial charge in [-0.2, -0.15) is 0 Å². The smallest absolute Gasteiger partial charge is 0.407 e. The number of ether oxygens (including phenoxy) is 1. The van der Waals surface area contributed by atoms with E-state index in [4.69, 9.17) is 9.84 Å². The molecule has 0 fully saturated rings. The van der Waals surface area contributed by atoms with E-state index in [0.717, 1.165) is 28.7 Å². The molecule has 1 aliphatic carbocycles. The number of aromatic carboxylic acids is 1. The van der Waals surface area contributed by atoms with Gasteiger partial charge in [-0.05, 0) is 34.7 Å². The van der Waals surface area contributed by atoms with Crippen molar-refractivity contribution in [2.75, 3.05) is 11.9 Å². The van der Waals surface area contributed by atoms with Gasteiger partial charge in [0.1, 0.15) is 6.61 Å². The molecule has 2 aromatic carbocycles. The number of rotatable bonds is 9. The second-order valence-electron chi connectivity index (χ2n) is 8.48. The van der Waals surface area contributed by atoms with Crippen LogP contribution in [0.2, 0.25) is 0 Å². The summed E-state index contributed by atoms with van der Waals surface area (Å²) in [5.41, 5.74) is 4.82. The second kappa shape index (κ2) is 10.8. The number of anilines is 1. The largest absolute Gasteiger partial charge is 0.478 e. The van der Waals surface area contributed by atoms with Crippen LogP contribution in [0.25, 0.3) is 11.1 Å². The monoisotopic (exact) mass is 473 g/mol. The van der Waals surface area contributed by atoms with Gasteiger partial charge in [0, 0.05) is 24.6 Å². The zero-order chi connectivity index (χ0) is 24.8. The summed E-state index contributed by atoms with van der Waals surface area (Å²) in [6, 6.07) is 17.1.